The molecule has 0 fully saturated rings. The number of para-hydroxylation sites is 1. The molecule has 0 bridgehead atoms. The van der Waals surface area contributed by atoms with Crippen molar-refractivity contribution >= 4 is 34.5 Å². The molecule has 1 aromatic carbocycles. The van der Waals surface area contributed by atoms with E-state index >= 15 is 0 Å². The number of carbonyl (C=O) groups excluding carboxylic acids is 1. The van der Waals surface area contributed by atoms with E-state index in [1.165, 1.54) is 4.88 Å². The van der Waals surface area contributed by atoms with E-state index in [0.717, 1.165) is 4.88 Å². The number of hydrogen-bond acceptors (Lipinski definition) is 3. The molecular formula is C17H13ClN2OS. The summed E-state index contributed by atoms with van der Waals surface area (Å²) in [5, 5.41) is 3.34. The van der Waals surface area contributed by atoms with Crippen LogP contribution in [0, 0.1) is 6.92 Å². The summed E-state index contributed by atoms with van der Waals surface area (Å²) in [5.74, 6) is -0.220. The van der Waals surface area contributed by atoms with Gasteiger partial charge in [-0.3, -0.25) is 9.78 Å². The molecule has 110 valence electrons. The first-order valence-corrected chi connectivity index (χ1v) is 7.92. The van der Waals surface area contributed by atoms with Crippen molar-refractivity contribution in [3.8, 4) is 10.6 Å². The molecule has 0 aliphatic rings. The summed E-state index contributed by atoms with van der Waals surface area (Å²) in [6.45, 7) is 2.03. The highest BCUT2D eigenvalue weighted by molar-refractivity contribution is 7.15. The van der Waals surface area contributed by atoms with Crippen LogP contribution in [0.5, 0.6) is 0 Å². The maximum absolute atomic E-state index is 12.6. The Morgan fingerprint density at radius 1 is 1.14 bits per heavy atom. The first kappa shape index (κ1) is 14.8. The molecule has 0 saturated carbocycles. The third kappa shape index (κ3) is 3.03. The minimum absolute atomic E-state index is 0.220. The summed E-state index contributed by atoms with van der Waals surface area (Å²) in [4.78, 5) is 19.1. The highest BCUT2D eigenvalue weighted by Crippen LogP contribution is 2.29. The fraction of sp³-hybridized carbons (Fsp3) is 0.0588. The summed E-state index contributed by atoms with van der Waals surface area (Å²) < 4.78 is 0. The molecule has 3 aromatic rings. The Balaban J connectivity index is 1.95. The molecule has 0 aliphatic carbocycles. The zero-order chi connectivity index (χ0) is 15.5. The van der Waals surface area contributed by atoms with Crippen LogP contribution in [-0.4, -0.2) is 10.9 Å². The van der Waals surface area contributed by atoms with Gasteiger partial charge < -0.3 is 5.32 Å². The zero-order valence-corrected chi connectivity index (χ0v) is 13.4. The highest BCUT2D eigenvalue weighted by Gasteiger charge is 2.16. The van der Waals surface area contributed by atoms with Gasteiger partial charge in [-0.1, -0.05) is 23.7 Å². The van der Waals surface area contributed by atoms with Crippen molar-refractivity contribution in [1.82, 2.24) is 4.98 Å². The average molecular weight is 329 g/mol. The van der Waals surface area contributed by atoms with Crippen LogP contribution in [0.25, 0.3) is 10.6 Å². The second-order valence-electron chi connectivity index (χ2n) is 4.74. The van der Waals surface area contributed by atoms with Crippen LogP contribution in [0.1, 0.15) is 15.2 Å². The monoisotopic (exact) mass is 328 g/mol. The van der Waals surface area contributed by atoms with Gasteiger partial charge in [0, 0.05) is 11.1 Å². The Morgan fingerprint density at radius 3 is 2.68 bits per heavy atom. The van der Waals surface area contributed by atoms with Crippen LogP contribution in [0.3, 0.4) is 0 Å². The van der Waals surface area contributed by atoms with E-state index in [4.69, 9.17) is 11.6 Å². The van der Waals surface area contributed by atoms with Crippen molar-refractivity contribution in [3.63, 3.8) is 0 Å². The van der Waals surface area contributed by atoms with Crippen LogP contribution < -0.4 is 5.32 Å². The van der Waals surface area contributed by atoms with Gasteiger partial charge in [0.15, 0.2) is 0 Å². The number of hydrogen-bond donors (Lipinski definition) is 1. The van der Waals surface area contributed by atoms with E-state index in [2.05, 4.69) is 10.3 Å². The SMILES string of the molecule is Cc1ccc(-c2ncccc2C(=O)Nc2ccccc2Cl)s1. The molecule has 1 N–H and O–H groups in total. The quantitative estimate of drug-likeness (QED) is 0.733. The number of halogens is 1. The predicted octanol–water partition coefficient (Wildman–Crippen LogP) is 5.02. The lowest BCUT2D eigenvalue weighted by atomic mass is 10.1. The molecule has 0 saturated heterocycles. The molecule has 22 heavy (non-hydrogen) atoms. The number of pyridine rings is 1. The Kier molecular flexibility index (Phi) is 4.22. The van der Waals surface area contributed by atoms with Gasteiger partial charge in [-0.05, 0) is 43.3 Å². The average Bonchev–Trinajstić information content (AvgIpc) is 2.96. The summed E-state index contributed by atoms with van der Waals surface area (Å²) in [6, 6.07) is 14.7. The number of nitrogens with one attached hydrogen (secondary N) is 1. The summed E-state index contributed by atoms with van der Waals surface area (Å²) >= 11 is 7.70. The minimum atomic E-state index is -0.220. The van der Waals surface area contributed by atoms with Gasteiger partial charge in [0.05, 0.1) is 26.8 Å². The molecule has 5 heteroatoms. The van der Waals surface area contributed by atoms with Crippen LogP contribution in [-0.2, 0) is 0 Å². The van der Waals surface area contributed by atoms with Gasteiger partial charge in [0.1, 0.15) is 0 Å². The van der Waals surface area contributed by atoms with Gasteiger partial charge >= 0.3 is 0 Å². The highest BCUT2D eigenvalue weighted by atomic mass is 35.5. The second-order valence-corrected chi connectivity index (χ2v) is 6.44. The molecule has 3 rings (SSSR count). The normalized spacial score (nSPS) is 10.5. The molecule has 2 heterocycles. The smallest absolute Gasteiger partial charge is 0.257 e. The van der Waals surface area contributed by atoms with E-state index in [1.54, 1.807) is 41.8 Å². The molecule has 2 aromatic heterocycles. The zero-order valence-electron chi connectivity index (χ0n) is 11.8. The van der Waals surface area contributed by atoms with E-state index in [-0.39, 0.29) is 5.91 Å². The Morgan fingerprint density at radius 2 is 1.95 bits per heavy atom. The minimum Gasteiger partial charge on any atom is -0.321 e. The van der Waals surface area contributed by atoms with Gasteiger partial charge in [0.2, 0.25) is 0 Å². The van der Waals surface area contributed by atoms with E-state index in [9.17, 15) is 4.79 Å². The first-order valence-electron chi connectivity index (χ1n) is 6.73. The molecular weight excluding hydrogens is 316 g/mol. The van der Waals surface area contributed by atoms with Gasteiger partial charge in [-0.15, -0.1) is 11.3 Å². The molecule has 0 radical (unpaired) electrons. The van der Waals surface area contributed by atoms with Crippen molar-refractivity contribution in [2.24, 2.45) is 0 Å². The molecule has 0 unspecified atom stereocenters. The number of amides is 1. The third-order valence-corrected chi connectivity index (χ3v) is 4.49. The van der Waals surface area contributed by atoms with Crippen LogP contribution in [0.2, 0.25) is 5.02 Å². The summed E-state index contributed by atoms with van der Waals surface area (Å²) in [6.07, 6.45) is 1.69. The Labute approximate surface area is 137 Å². The van der Waals surface area contributed by atoms with Crippen molar-refractivity contribution in [2.45, 2.75) is 6.92 Å². The third-order valence-electron chi connectivity index (χ3n) is 3.15. The molecule has 3 nitrogen and oxygen atoms in total. The van der Waals surface area contributed by atoms with Gasteiger partial charge in [0.25, 0.3) is 5.91 Å². The van der Waals surface area contributed by atoms with Crippen LogP contribution in [0.4, 0.5) is 5.69 Å². The van der Waals surface area contributed by atoms with Crippen LogP contribution >= 0.6 is 22.9 Å². The molecule has 0 atom stereocenters. The number of aromatic nitrogens is 1. The van der Waals surface area contributed by atoms with E-state index in [0.29, 0.717) is 22.0 Å². The number of thiophene rings is 1. The predicted molar refractivity (Wildman–Crippen MR) is 91.7 cm³/mol. The van der Waals surface area contributed by atoms with Crippen molar-refractivity contribution in [2.75, 3.05) is 5.32 Å². The maximum Gasteiger partial charge on any atom is 0.257 e. The van der Waals surface area contributed by atoms with Crippen molar-refractivity contribution in [3.05, 3.63) is 70.2 Å². The lowest BCUT2D eigenvalue weighted by molar-refractivity contribution is 0.102. The summed E-state index contributed by atoms with van der Waals surface area (Å²) in [5.41, 5.74) is 1.81. The lowest BCUT2D eigenvalue weighted by Gasteiger charge is -2.09. The second kappa shape index (κ2) is 6.30. The Bertz CT molecular complexity index is 829. The number of aryl methyl sites for hydroxylation is 1. The fourth-order valence-corrected chi connectivity index (χ4v) is 3.16. The standard InChI is InChI=1S/C17H13ClN2OS/c1-11-8-9-15(22-11)16-12(5-4-10-19-16)17(21)20-14-7-3-2-6-13(14)18/h2-10H,1H3,(H,20,21). The van der Waals surface area contributed by atoms with E-state index < -0.39 is 0 Å². The number of rotatable bonds is 3. The van der Waals surface area contributed by atoms with Crippen molar-refractivity contribution in [1.29, 1.82) is 0 Å². The summed E-state index contributed by atoms with van der Waals surface area (Å²) in [7, 11) is 0. The largest absolute Gasteiger partial charge is 0.321 e. The molecule has 1 amide bonds. The first-order chi connectivity index (χ1) is 10.6. The molecule has 0 spiro atoms. The topological polar surface area (TPSA) is 42.0 Å². The maximum atomic E-state index is 12.6. The Hall–Kier alpha value is -2.17. The number of nitrogens with zero attached hydrogens (tertiary/aromatic N) is 1. The number of benzene rings is 1. The van der Waals surface area contributed by atoms with Crippen LogP contribution in [0.15, 0.2) is 54.7 Å². The van der Waals surface area contributed by atoms with Crippen molar-refractivity contribution < 1.29 is 4.79 Å². The van der Waals surface area contributed by atoms with Gasteiger partial charge in [-0.2, -0.15) is 0 Å². The van der Waals surface area contributed by atoms with E-state index in [1.807, 2.05) is 31.2 Å². The number of carbonyl (C=O) groups is 1. The lowest BCUT2D eigenvalue weighted by Crippen LogP contribution is -2.13. The van der Waals surface area contributed by atoms with Gasteiger partial charge in [-0.25, -0.2) is 0 Å². The molecule has 0 aliphatic heterocycles. The fourth-order valence-electron chi connectivity index (χ4n) is 2.10. The number of anilines is 1.